The topological polar surface area (TPSA) is 76.7 Å². The number of esters is 1. The van der Waals surface area contributed by atoms with Gasteiger partial charge in [0.15, 0.2) is 0 Å². The van der Waals surface area contributed by atoms with Crippen LogP contribution >= 0.6 is 0 Å². The number of rotatable bonds is 5. The lowest BCUT2D eigenvalue weighted by atomic mass is 10.0. The lowest BCUT2D eigenvalue weighted by Gasteiger charge is -2.09. The molecule has 0 spiro atoms. The molecule has 0 aliphatic rings. The van der Waals surface area contributed by atoms with Gasteiger partial charge in [-0.2, -0.15) is 0 Å². The molecular weight excluding hydrogens is 339 g/mol. The molecule has 0 fully saturated rings. The maximum atomic E-state index is 12.9. The number of carbonyl (C=O) groups excluding carboxylic acids is 1. The van der Waals surface area contributed by atoms with Gasteiger partial charge in [0.2, 0.25) is 0 Å². The SMILES string of the molecule is CCc1cc2c(COC(=O)Cc3ccc(F)cc3)cc(=O)oc2cc1O. The molecule has 1 aromatic heterocycles. The van der Waals surface area contributed by atoms with Gasteiger partial charge in [0.05, 0.1) is 6.42 Å². The van der Waals surface area contributed by atoms with Gasteiger partial charge >= 0.3 is 11.6 Å². The number of hydrogen-bond donors (Lipinski definition) is 1. The number of phenols is 1. The van der Waals surface area contributed by atoms with Crippen molar-refractivity contribution in [3.05, 3.63) is 75.4 Å². The summed E-state index contributed by atoms with van der Waals surface area (Å²) in [5.41, 5.74) is 1.47. The Labute approximate surface area is 148 Å². The van der Waals surface area contributed by atoms with Gasteiger partial charge in [-0.15, -0.1) is 0 Å². The highest BCUT2D eigenvalue weighted by atomic mass is 19.1. The van der Waals surface area contributed by atoms with Gasteiger partial charge < -0.3 is 14.3 Å². The number of ether oxygens (including phenoxy) is 1. The van der Waals surface area contributed by atoms with Gasteiger partial charge in [-0.1, -0.05) is 19.1 Å². The van der Waals surface area contributed by atoms with Crippen LogP contribution in [-0.4, -0.2) is 11.1 Å². The molecule has 26 heavy (non-hydrogen) atoms. The van der Waals surface area contributed by atoms with Crippen LogP contribution in [0, 0.1) is 5.82 Å². The van der Waals surface area contributed by atoms with E-state index in [-0.39, 0.29) is 30.2 Å². The summed E-state index contributed by atoms with van der Waals surface area (Å²) < 4.78 is 23.3. The second-order valence-electron chi connectivity index (χ2n) is 5.89. The van der Waals surface area contributed by atoms with Crippen molar-refractivity contribution < 1.29 is 23.4 Å². The molecule has 1 N–H and O–H groups in total. The number of aryl methyl sites for hydroxylation is 1. The number of phenolic OH excluding ortho intramolecular Hbond substituents is 1. The Morgan fingerprint density at radius 3 is 2.58 bits per heavy atom. The van der Waals surface area contributed by atoms with E-state index >= 15 is 0 Å². The summed E-state index contributed by atoms with van der Waals surface area (Å²) in [5, 5.41) is 10.5. The molecule has 0 saturated heterocycles. The first kappa shape index (κ1) is 17.7. The number of halogens is 1. The van der Waals surface area contributed by atoms with E-state index in [2.05, 4.69) is 0 Å². The Morgan fingerprint density at radius 1 is 1.15 bits per heavy atom. The first-order valence-corrected chi connectivity index (χ1v) is 8.15. The largest absolute Gasteiger partial charge is 0.508 e. The lowest BCUT2D eigenvalue weighted by Crippen LogP contribution is -2.10. The Hall–Kier alpha value is -3.15. The van der Waals surface area contributed by atoms with E-state index < -0.39 is 11.6 Å². The van der Waals surface area contributed by atoms with Gasteiger partial charge in [-0.3, -0.25) is 4.79 Å². The molecule has 0 bridgehead atoms. The molecule has 0 unspecified atom stereocenters. The third kappa shape index (κ3) is 3.91. The molecule has 6 heteroatoms. The van der Waals surface area contributed by atoms with Crippen molar-refractivity contribution >= 4 is 16.9 Å². The van der Waals surface area contributed by atoms with Gasteiger partial charge in [-0.05, 0) is 35.7 Å². The van der Waals surface area contributed by atoms with E-state index in [0.29, 0.717) is 28.5 Å². The zero-order valence-corrected chi connectivity index (χ0v) is 14.1. The minimum absolute atomic E-state index is 0.000646. The van der Waals surface area contributed by atoms with E-state index in [9.17, 15) is 19.1 Å². The summed E-state index contributed by atoms with van der Waals surface area (Å²) in [4.78, 5) is 23.7. The van der Waals surface area contributed by atoms with Crippen LogP contribution in [0.15, 0.2) is 51.7 Å². The maximum absolute atomic E-state index is 12.9. The summed E-state index contributed by atoms with van der Waals surface area (Å²) in [5.74, 6) is -0.819. The predicted molar refractivity (Wildman–Crippen MR) is 93.4 cm³/mol. The Kier molecular flexibility index (Phi) is 5.02. The fourth-order valence-corrected chi connectivity index (χ4v) is 2.69. The summed E-state index contributed by atoms with van der Waals surface area (Å²) in [6, 6.07) is 9.95. The molecule has 0 aliphatic carbocycles. The minimum Gasteiger partial charge on any atom is -0.508 e. The number of benzene rings is 2. The predicted octanol–water partition coefficient (Wildman–Crippen LogP) is 3.49. The quantitative estimate of drug-likeness (QED) is 0.559. The molecule has 1 heterocycles. The van der Waals surface area contributed by atoms with Crippen LogP contribution < -0.4 is 5.63 Å². The standard InChI is InChI=1S/C20H17FO5/c1-2-13-8-16-14(9-20(24)26-18(16)10-17(13)22)11-25-19(23)7-12-3-5-15(21)6-4-12/h3-6,8-10,22H,2,7,11H2,1H3. The highest BCUT2D eigenvalue weighted by Gasteiger charge is 2.12. The van der Waals surface area contributed by atoms with Gasteiger partial charge in [-0.25, -0.2) is 9.18 Å². The Bertz CT molecular complexity index is 1010. The van der Waals surface area contributed by atoms with E-state index in [4.69, 9.17) is 9.15 Å². The van der Waals surface area contributed by atoms with Crippen molar-refractivity contribution in [1.29, 1.82) is 0 Å². The van der Waals surface area contributed by atoms with Gasteiger partial charge in [0.25, 0.3) is 0 Å². The van der Waals surface area contributed by atoms with E-state index in [1.54, 1.807) is 6.07 Å². The first-order chi connectivity index (χ1) is 12.5. The average molecular weight is 356 g/mol. The molecule has 0 amide bonds. The number of aromatic hydroxyl groups is 1. The van der Waals surface area contributed by atoms with Crippen LogP contribution in [0.5, 0.6) is 5.75 Å². The molecule has 3 rings (SSSR count). The third-order valence-electron chi connectivity index (χ3n) is 4.06. The fraction of sp³-hybridized carbons (Fsp3) is 0.200. The number of fused-ring (bicyclic) bond motifs is 1. The zero-order valence-electron chi connectivity index (χ0n) is 14.1. The molecule has 3 aromatic rings. The number of hydrogen-bond acceptors (Lipinski definition) is 5. The van der Waals surface area contributed by atoms with E-state index in [0.717, 1.165) is 0 Å². The Balaban J connectivity index is 1.80. The van der Waals surface area contributed by atoms with Crippen molar-refractivity contribution in [2.45, 2.75) is 26.4 Å². The highest BCUT2D eigenvalue weighted by molar-refractivity contribution is 5.83. The second-order valence-corrected chi connectivity index (χ2v) is 5.89. The summed E-state index contributed by atoms with van der Waals surface area (Å²) in [6.07, 6.45) is 0.603. The van der Waals surface area contributed by atoms with Gasteiger partial charge in [0.1, 0.15) is 23.8 Å². The van der Waals surface area contributed by atoms with Crippen LogP contribution in [0.3, 0.4) is 0 Å². The fourth-order valence-electron chi connectivity index (χ4n) is 2.69. The molecule has 0 radical (unpaired) electrons. The minimum atomic E-state index is -0.592. The van der Waals surface area contributed by atoms with Gasteiger partial charge in [0, 0.05) is 23.1 Å². The molecule has 5 nitrogen and oxygen atoms in total. The monoisotopic (exact) mass is 356 g/mol. The van der Waals surface area contributed by atoms with Crippen molar-refractivity contribution in [2.24, 2.45) is 0 Å². The smallest absolute Gasteiger partial charge is 0.336 e. The van der Waals surface area contributed by atoms with Crippen LogP contribution in [0.25, 0.3) is 11.0 Å². The molecule has 0 atom stereocenters. The summed E-state index contributed by atoms with van der Waals surface area (Å²) in [6.45, 7) is 1.79. The molecular formula is C20H17FO5. The maximum Gasteiger partial charge on any atom is 0.336 e. The summed E-state index contributed by atoms with van der Waals surface area (Å²) in [7, 11) is 0. The first-order valence-electron chi connectivity index (χ1n) is 8.15. The van der Waals surface area contributed by atoms with Crippen LogP contribution in [0.2, 0.25) is 0 Å². The van der Waals surface area contributed by atoms with Crippen LogP contribution in [-0.2, 0) is 29.0 Å². The molecule has 2 aromatic carbocycles. The van der Waals surface area contributed by atoms with Crippen LogP contribution in [0.4, 0.5) is 4.39 Å². The van der Waals surface area contributed by atoms with Crippen molar-refractivity contribution in [1.82, 2.24) is 0 Å². The third-order valence-corrected chi connectivity index (χ3v) is 4.06. The number of carbonyl (C=O) groups is 1. The van der Waals surface area contributed by atoms with Crippen molar-refractivity contribution in [3.63, 3.8) is 0 Å². The molecule has 0 aliphatic heterocycles. The molecule has 0 saturated carbocycles. The normalized spacial score (nSPS) is 10.8. The highest BCUT2D eigenvalue weighted by Crippen LogP contribution is 2.27. The van der Waals surface area contributed by atoms with E-state index in [1.807, 2.05) is 6.92 Å². The molecule has 134 valence electrons. The zero-order chi connectivity index (χ0) is 18.7. The van der Waals surface area contributed by atoms with Crippen molar-refractivity contribution in [3.8, 4) is 5.75 Å². The second kappa shape index (κ2) is 7.39. The lowest BCUT2D eigenvalue weighted by molar-refractivity contribution is -0.144. The summed E-state index contributed by atoms with van der Waals surface area (Å²) >= 11 is 0. The Morgan fingerprint density at radius 2 is 1.88 bits per heavy atom. The van der Waals surface area contributed by atoms with Crippen molar-refractivity contribution in [2.75, 3.05) is 0 Å². The van der Waals surface area contributed by atoms with Crippen LogP contribution in [0.1, 0.15) is 23.6 Å². The van der Waals surface area contributed by atoms with E-state index in [1.165, 1.54) is 36.4 Å². The average Bonchev–Trinajstić information content (AvgIpc) is 2.61.